The van der Waals surface area contributed by atoms with Gasteiger partial charge in [0, 0.05) is 24.5 Å². The van der Waals surface area contributed by atoms with Crippen LogP contribution in [-0.4, -0.2) is 34.9 Å². The summed E-state index contributed by atoms with van der Waals surface area (Å²) in [7, 11) is 0. The van der Waals surface area contributed by atoms with Gasteiger partial charge in [-0.15, -0.1) is 11.6 Å². The van der Waals surface area contributed by atoms with Crippen molar-refractivity contribution in [3.8, 4) is 6.01 Å². The van der Waals surface area contributed by atoms with E-state index in [9.17, 15) is 4.79 Å². The lowest BCUT2D eigenvalue weighted by Gasteiger charge is -2.17. The molecular weight excluding hydrogens is 364 g/mol. The quantitative estimate of drug-likeness (QED) is 0.495. The number of alkyl halides is 1. The van der Waals surface area contributed by atoms with Gasteiger partial charge in [-0.3, -0.25) is 9.69 Å². The molecule has 27 heavy (non-hydrogen) atoms. The van der Waals surface area contributed by atoms with Crippen molar-refractivity contribution in [2.45, 2.75) is 39.2 Å². The Hall–Kier alpha value is -2.34. The highest BCUT2D eigenvalue weighted by Crippen LogP contribution is 2.34. The van der Waals surface area contributed by atoms with E-state index >= 15 is 0 Å². The van der Waals surface area contributed by atoms with Gasteiger partial charge in [-0.25, -0.2) is 0 Å². The van der Waals surface area contributed by atoms with Crippen molar-refractivity contribution in [3.63, 3.8) is 0 Å². The molecule has 1 aliphatic rings. The maximum atomic E-state index is 12.5. The summed E-state index contributed by atoms with van der Waals surface area (Å²) in [6, 6.07) is 10.4. The molecule has 6 nitrogen and oxygen atoms in total. The molecule has 0 bridgehead atoms. The van der Waals surface area contributed by atoms with Crippen molar-refractivity contribution in [2.75, 3.05) is 29.2 Å². The number of amides is 1. The van der Waals surface area contributed by atoms with Gasteiger partial charge in [0.25, 0.3) is 0 Å². The van der Waals surface area contributed by atoms with Gasteiger partial charge in [-0.2, -0.15) is 9.97 Å². The molecule has 0 fully saturated rings. The van der Waals surface area contributed by atoms with E-state index in [-0.39, 0.29) is 5.91 Å². The predicted octanol–water partition coefficient (Wildman–Crippen LogP) is 3.79. The molecule has 0 aliphatic carbocycles. The fourth-order valence-corrected chi connectivity index (χ4v) is 3.07. The Bertz CT molecular complexity index is 770. The monoisotopic (exact) mass is 388 g/mol. The first-order valence-corrected chi connectivity index (χ1v) is 9.94. The van der Waals surface area contributed by atoms with E-state index in [0.29, 0.717) is 49.6 Å². The number of benzene rings is 1. The van der Waals surface area contributed by atoms with Gasteiger partial charge in [-0.1, -0.05) is 43.7 Å². The zero-order valence-electron chi connectivity index (χ0n) is 15.6. The van der Waals surface area contributed by atoms with E-state index in [2.05, 4.69) is 22.2 Å². The second-order valence-corrected chi connectivity index (χ2v) is 6.84. The summed E-state index contributed by atoms with van der Waals surface area (Å²) < 4.78 is 5.73. The molecule has 1 aliphatic heterocycles. The number of aromatic nitrogens is 2. The molecule has 0 unspecified atom stereocenters. The second-order valence-electron chi connectivity index (χ2n) is 6.46. The number of hydrogen-bond donors (Lipinski definition) is 1. The Balaban J connectivity index is 1.85. The van der Waals surface area contributed by atoms with Crippen LogP contribution in [0.25, 0.3) is 0 Å². The summed E-state index contributed by atoms with van der Waals surface area (Å²) in [5.41, 5.74) is 1.97. The minimum Gasteiger partial charge on any atom is -0.463 e. The van der Waals surface area contributed by atoms with Crippen LogP contribution in [0, 0.1) is 0 Å². The Morgan fingerprint density at radius 1 is 1.22 bits per heavy atom. The highest BCUT2D eigenvalue weighted by molar-refractivity contribution is 6.17. The van der Waals surface area contributed by atoms with Crippen molar-refractivity contribution in [1.82, 2.24) is 9.97 Å². The number of hydrogen-bond acceptors (Lipinski definition) is 5. The summed E-state index contributed by atoms with van der Waals surface area (Å²) in [6.45, 7) is 3.84. The van der Waals surface area contributed by atoms with Crippen molar-refractivity contribution in [2.24, 2.45) is 0 Å². The van der Waals surface area contributed by atoms with Gasteiger partial charge in [-0.05, 0) is 18.4 Å². The second kappa shape index (κ2) is 9.55. The number of nitrogens with zero attached hydrogens (tertiary/aromatic N) is 3. The Morgan fingerprint density at radius 3 is 2.78 bits per heavy atom. The molecule has 1 N–H and O–H groups in total. The molecule has 1 amide bonds. The molecule has 1 aromatic carbocycles. The van der Waals surface area contributed by atoms with Gasteiger partial charge in [0.1, 0.15) is 11.6 Å². The van der Waals surface area contributed by atoms with Gasteiger partial charge in [0.05, 0.1) is 13.0 Å². The van der Waals surface area contributed by atoms with Crippen molar-refractivity contribution < 1.29 is 9.53 Å². The van der Waals surface area contributed by atoms with E-state index in [4.69, 9.17) is 16.3 Å². The largest absolute Gasteiger partial charge is 0.463 e. The molecule has 3 rings (SSSR count). The van der Waals surface area contributed by atoms with E-state index in [0.717, 1.165) is 30.4 Å². The number of halogens is 1. The molecule has 0 saturated carbocycles. The molecule has 2 heterocycles. The molecule has 2 aromatic rings. The number of fused-ring (bicyclic) bond motifs is 1. The number of ether oxygens (including phenoxy) is 1. The third-order valence-corrected chi connectivity index (χ3v) is 4.66. The summed E-state index contributed by atoms with van der Waals surface area (Å²) >= 11 is 5.81. The molecule has 1 aromatic heterocycles. The number of rotatable bonds is 10. The van der Waals surface area contributed by atoms with Crippen LogP contribution in [0.2, 0.25) is 0 Å². The van der Waals surface area contributed by atoms with Crippen molar-refractivity contribution >= 4 is 29.1 Å². The molecule has 0 atom stereocenters. The lowest BCUT2D eigenvalue weighted by Crippen LogP contribution is -2.28. The third kappa shape index (κ3) is 4.89. The third-order valence-electron chi connectivity index (χ3n) is 4.40. The van der Waals surface area contributed by atoms with Gasteiger partial charge >= 0.3 is 6.01 Å². The SMILES string of the molecule is CCCCOc1nc(NCc2ccccc2)c2c(n1)N(CCCCl)C(=O)C2. The maximum absolute atomic E-state index is 12.5. The Labute approximate surface area is 164 Å². The normalized spacial score (nSPS) is 13.0. The number of anilines is 2. The highest BCUT2D eigenvalue weighted by Gasteiger charge is 2.32. The Kier molecular flexibility index (Phi) is 6.87. The first-order chi connectivity index (χ1) is 13.2. The molecule has 144 valence electrons. The predicted molar refractivity (Wildman–Crippen MR) is 108 cm³/mol. The van der Waals surface area contributed by atoms with E-state index in [1.54, 1.807) is 4.90 Å². The molecular formula is C20H25ClN4O2. The molecule has 7 heteroatoms. The number of nitrogens with one attached hydrogen (secondary N) is 1. The maximum Gasteiger partial charge on any atom is 0.320 e. The first-order valence-electron chi connectivity index (χ1n) is 9.40. The van der Waals surface area contributed by atoms with E-state index in [1.807, 2.05) is 30.3 Å². The van der Waals surface area contributed by atoms with E-state index in [1.165, 1.54) is 0 Å². The fourth-order valence-electron chi connectivity index (χ4n) is 2.95. The van der Waals surface area contributed by atoms with Crippen LogP contribution in [-0.2, 0) is 17.8 Å². The molecule has 0 saturated heterocycles. The zero-order chi connectivity index (χ0) is 19.1. The van der Waals surface area contributed by atoms with Crippen LogP contribution in [0.15, 0.2) is 30.3 Å². The van der Waals surface area contributed by atoms with E-state index < -0.39 is 0 Å². The van der Waals surface area contributed by atoms with Gasteiger partial charge in [0.15, 0.2) is 0 Å². The Morgan fingerprint density at radius 2 is 2.04 bits per heavy atom. The minimum absolute atomic E-state index is 0.0258. The highest BCUT2D eigenvalue weighted by atomic mass is 35.5. The number of carbonyl (C=O) groups is 1. The summed E-state index contributed by atoms with van der Waals surface area (Å²) in [6.07, 6.45) is 2.98. The zero-order valence-corrected chi connectivity index (χ0v) is 16.3. The van der Waals surface area contributed by atoms with Crippen LogP contribution in [0.3, 0.4) is 0 Å². The average molecular weight is 389 g/mol. The fraction of sp³-hybridized carbons (Fsp3) is 0.450. The number of carbonyl (C=O) groups excluding carboxylic acids is 1. The van der Waals surface area contributed by atoms with Crippen molar-refractivity contribution in [1.29, 1.82) is 0 Å². The lowest BCUT2D eigenvalue weighted by molar-refractivity contribution is -0.117. The summed E-state index contributed by atoms with van der Waals surface area (Å²) in [5, 5.41) is 3.35. The topological polar surface area (TPSA) is 67.3 Å². The summed E-state index contributed by atoms with van der Waals surface area (Å²) in [4.78, 5) is 23.2. The van der Waals surface area contributed by atoms with Crippen LogP contribution >= 0.6 is 11.6 Å². The molecule has 0 spiro atoms. The average Bonchev–Trinajstić information content (AvgIpc) is 3.01. The van der Waals surface area contributed by atoms with Gasteiger partial charge in [0.2, 0.25) is 5.91 Å². The van der Waals surface area contributed by atoms with Crippen LogP contribution in [0.4, 0.5) is 11.6 Å². The van der Waals surface area contributed by atoms with Crippen LogP contribution in [0.1, 0.15) is 37.3 Å². The van der Waals surface area contributed by atoms with Crippen LogP contribution < -0.4 is 15.0 Å². The molecule has 0 radical (unpaired) electrons. The van der Waals surface area contributed by atoms with Crippen LogP contribution in [0.5, 0.6) is 6.01 Å². The smallest absolute Gasteiger partial charge is 0.320 e. The minimum atomic E-state index is 0.0258. The lowest BCUT2D eigenvalue weighted by atomic mass is 10.2. The first kappa shape index (κ1) is 19.4. The summed E-state index contributed by atoms with van der Waals surface area (Å²) in [5.74, 6) is 1.83. The van der Waals surface area contributed by atoms with Gasteiger partial charge < -0.3 is 10.1 Å². The standard InChI is InChI=1S/C20H25ClN4O2/c1-2-3-12-27-20-23-18(22-14-15-8-5-4-6-9-15)16-13-17(26)25(11-7-10-21)19(16)24-20/h4-6,8-9H,2-3,7,10-14H2,1H3,(H,22,23,24). The van der Waals surface area contributed by atoms with Crippen molar-refractivity contribution in [3.05, 3.63) is 41.5 Å². The number of unbranched alkanes of at least 4 members (excludes halogenated alkanes) is 1.